The van der Waals surface area contributed by atoms with Crippen LogP contribution in [-0.4, -0.2) is 46.7 Å². The van der Waals surface area contributed by atoms with Crippen LogP contribution in [0.15, 0.2) is 30.6 Å². The van der Waals surface area contributed by atoms with E-state index in [1.807, 2.05) is 19.2 Å². The molecule has 0 atom stereocenters. The summed E-state index contributed by atoms with van der Waals surface area (Å²) in [6.45, 7) is 0.694. The molecule has 0 radical (unpaired) electrons. The fourth-order valence-electron chi connectivity index (χ4n) is 1.75. The lowest BCUT2D eigenvalue weighted by molar-refractivity contribution is 0.0821. The molecule has 0 aromatic carbocycles. The van der Waals surface area contributed by atoms with E-state index >= 15 is 0 Å². The average Bonchev–Trinajstić information content (AvgIpc) is 2.88. The van der Waals surface area contributed by atoms with Gasteiger partial charge in [0.05, 0.1) is 0 Å². The van der Waals surface area contributed by atoms with E-state index in [0.717, 1.165) is 11.4 Å². The zero-order valence-electron chi connectivity index (χ0n) is 11.3. The van der Waals surface area contributed by atoms with Crippen molar-refractivity contribution in [2.45, 2.75) is 6.54 Å². The van der Waals surface area contributed by atoms with Gasteiger partial charge in [0, 0.05) is 38.6 Å². The Morgan fingerprint density at radius 3 is 2.89 bits per heavy atom. The number of hydrogen-bond acceptors (Lipinski definition) is 4. The first-order chi connectivity index (χ1) is 9.13. The highest BCUT2D eigenvalue weighted by molar-refractivity contribution is 5.91. The van der Waals surface area contributed by atoms with Gasteiger partial charge in [-0.3, -0.25) is 4.79 Å². The summed E-state index contributed by atoms with van der Waals surface area (Å²) in [4.78, 5) is 17.6. The molecule has 19 heavy (non-hydrogen) atoms. The summed E-state index contributed by atoms with van der Waals surface area (Å²) < 4.78 is 1.63. The van der Waals surface area contributed by atoms with Crippen LogP contribution >= 0.6 is 0 Å². The lowest BCUT2D eigenvalue weighted by Crippen LogP contribution is -2.22. The first-order valence-electron chi connectivity index (χ1n) is 5.99. The first-order valence-corrected chi connectivity index (χ1v) is 5.99. The van der Waals surface area contributed by atoms with E-state index in [-0.39, 0.29) is 5.91 Å². The number of amides is 1. The van der Waals surface area contributed by atoms with Gasteiger partial charge in [-0.05, 0) is 19.2 Å². The first kappa shape index (κ1) is 13.2. The van der Waals surface area contributed by atoms with E-state index in [0.29, 0.717) is 12.2 Å². The van der Waals surface area contributed by atoms with Crippen molar-refractivity contribution in [1.82, 2.24) is 25.0 Å². The topological polar surface area (TPSA) is 63.1 Å². The van der Waals surface area contributed by atoms with Crippen molar-refractivity contribution in [1.29, 1.82) is 0 Å². The molecule has 6 nitrogen and oxygen atoms in total. The second-order valence-corrected chi connectivity index (χ2v) is 4.36. The van der Waals surface area contributed by atoms with Gasteiger partial charge in [0.15, 0.2) is 11.5 Å². The predicted molar refractivity (Wildman–Crippen MR) is 72.1 cm³/mol. The SMILES string of the molecule is CNCc1cccnc1-n1ccc(C(=O)N(C)C)n1. The van der Waals surface area contributed by atoms with Crippen molar-refractivity contribution < 1.29 is 4.79 Å². The van der Waals surface area contributed by atoms with Gasteiger partial charge in [-0.1, -0.05) is 6.07 Å². The molecule has 2 aromatic rings. The molecule has 0 aliphatic carbocycles. The third kappa shape index (κ3) is 2.79. The zero-order chi connectivity index (χ0) is 13.8. The predicted octanol–water partition coefficient (Wildman–Crippen LogP) is 0.689. The molecule has 1 N–H and O–H groups in total. The molecule has 2 aromatic heterocycles. The molecule has 6 heteroatoms. The van der Waals surface area contributed by atoms with Crippen molar-refractivity contribution >= 4 is 5.91 Å². The van der Waals surface area contributed by atoms with E-state index in [9.17, 15) is 4.79 Å². The third-order valence-corrected chi connectivity index (χ3v) is 2.67. The molecule has 100 valence electrons. The summed E-state index contributed by atoms with van der Waals surface area (Å²) >= 11 is 0. The number of hydrogen-bond donors (Lipinski definition) is 1. The Morgan fingerprint density at radius 1 is 1.42 bits per heavy atom. The van der Waals surface area contributed by atoms with Gasteiger partial charge in [0.25, 0.3) is 5.91 Å². The molecule has 0 bridgehead atoms. The van der Waals surface area contributed by atoms with Gasteiger partial charge in [-0.25, -0.2) is 9.67 Å². The van der Waals surface area contributed by atoms with E-state index in [1.54, 1.807) is 37.2 Å². The van der Waals surface area contributed by atoms with E-state index in [1.165, 1.54) is 4.90 Å². The van der Waals surface area contributed by atoms with Crippen molar-refractivity contribution in [2.75, 3.05) is 21.1 Å². The Hall–Kier alpha value is -2.21. The number of nitrogens with zero attached hydrogens (tertiary/aromatic N) is 4. The zero-order valence-corrected chi connectivity index (χ0v) is 11.3. The number of nitrogens with one attached hydrogen (secondary N) is 1. The van der Waals surface area contributed by atoms with Crippen LogP contribution in [0, 0.1) is 0 Å². The standard InChI is InChI=1S/C13H17N5O/c1-14-9-10-5-4-7-15-12(10)18-8-6-11(16-18)13(19)17(2)3/h4-8,14H,9H2,1-3H3. The number of carbonyl (C=O) groups is 1. The van der Waals surface area contributed by atoms with E-state index in [4.69, 9.17) is 0 Å². The normalized spacial score (nSPS) is 10.5. The second-order valence-electron chi connectivity index (χ2n) is 4.36. The smallest absolute Gasteiger partial charge is 0.273 e. The fraction of sp³-hybridized carbons (Fsp3) is 0.308. The van der Waals surface area contributed by atoms with Crippen LogP contribution in [0.25, 0.3) is 5.82 Å². The molecule has 0 spiro atoms. The average molecular weight is 259 g/mol. The van der Waals surface area contributed by atoms with Gasteiger partial charge in [0.2, 0.25) is 0 Å². The maximum Gasteiger partial charge on any atom is 0.273 e. The fourth-order valence-corrected chi connectivity index (χ4v) is 1.75. The molecular weight excluding hydrogens is 242 g/mol. The molecule has 0 saturated carbocycles. The Balaban J connectivity index is 2.35. The molecule has 2 heterocycles. The highest BCUT2D eigenvalue weighted by Gasteiger charge is 2.13. The van der Waals surface area contributed by atoms with Crippen molar-refractivity contribution in [3.05, 3.63) is 41.9 Å². The molecule has 0 aliphatic heterocycles. The molecule has 0 fully saturated rings. The molecule has 0 saturated heterocycles. The molecule has 1 amide bonds. The third-order valence-electron chi connectivity index (χ3n) is 2.67. The number of carbonyl (C=O) groups excluding carboxylic acids is 1. The number of aromatic nitrogens is 3. The summed E-state index contributed by atoms with van der Waals surface area (Å²) in [6.07, 6.45) is 3.46. The minimum atomic E-state index is -0.121. The van der Waals surface area contributed by atoms with Gasteiger partial charge < -0.3 is 10.2 Å². The lowest BCUT2D eigenvalue weighted by atomic mass is 10.2. The monoisotopic (exact) mass is 259 g/mol. The minimum Gasteiger partial charge on any atom is -0.343 e. The second kappa shape index (κ2) is 5.62. The molecule has 2 rings (SSSR count). The van der Waals surface area contributed by atoms with Crippen LogP contribution in [0.4, 0.5) is 0 Å². The summed E-state index contributed by atoms with van der Waals surface area (Å²) in [5.41, 5.74) is 1.43. The molecular formula is C13H17N5O. The van der Waals surface area contributed by atoms with Gasteiger partial charge in [0.1, 0.15) is 0 Å². The summed E-state index contributed by atoms with van der Waals surface area (Å²) in [6, 6.07) is 5.56. The van der Waals surface area contributed by atoms with Crippen LogP contribution in [0.1, 0.15) is 16.1 Å². The van der Waals surface area contributed by atoms with Crippen LogP contribution in [0.5, 0.6) is 0 Å². The highest BCUT2D eigenvalue weighted by Crippen LogP contribution is 2.11. The summed E-state index contributed by atoms with van der Waals surface area (Å²) in [7, 11) is 5.28. The number of rotatable bonds is 4. The molecule has 0 unspecified atom stereocenters. The van der Waals surface area contributed by atoms with Crippen molar-refractivity contribution in [3.8, 4) is 5.82 Å². The van der Waals surface area contributed by atoms with Crippen molar-refractivity contribution in [2.24, 2.45) is 0 Å². The van der Waals surface area contributed by atoms with Gasteiger partial charge in [-0.2, -0.15) is 5.10 Å². The van der Waals surface area contributed by atoms with E-state index in [2.05, 4.69) is 15.4 Å². The summed E-state index contributed by atoms with van der Waals surface area (Å²) in [5, 5.41) is 7.37. The minimum absolute atomic E-state index is 0.121. The van der Waals surface area contributed by atoms with E-state index < -0.39 is 0 Å². The highest BCUT2D eigenvalue weighted by atomic mass is 16.2. The van der Waals surface area contributed by atoms with Crippen LogP contribution in [0.3, 0.4) is 0 Å². The Labute approximate surface area is 112 Å². The van der Waals surface area contributed by atoms with Crippen molar-refractivity contribution in [3.63, 3.8) is 0 Å². The van der Waals surface area contributed by atoms with Crippen LogP contribution < -0.4 is 5.32 Å². The Kier molecular flexibility index (Phi) is 3.91. The maximum atomic E-state index is 11.8. The summed E-state index contributed by atoms with van der Waals surface area (Å²) in [5.74, 6) is 0.611. The van der Waals surface area contributed by atoms with Gasteiger partial charge in [-0.15, -0.1) is 0 Å². The maximum absolute atomic E-state index is 11.8. The number of pyridine rings is 1. The Morgan fingerprint density at radius 2 is 2.21 bits per heavy atom. The van der Waals surface area contributed by atoms with Crippen LogP contribution in [-0.2, 0) is 6.54 Å². The van der Waals surface area contributed by atoms with Crippen LogP contribution in [0.2, 0.25) is 0 Å². The largest absolute Gasteiger partial charge is 0.343 e. The Bertz CT molecular complexity index is 576. The quantitative estimate of drug-likeness (QED) is 0.877. The lowest BCUT2D eigenvalue weighted by Gasteiger charge is -2.08. The van der Waals surface area contributed by atoms with Gasteiger partial charge >= 0.3 is 0 Å². The molecule has 0 aliphatic rings.